The highest BCUT2D eigenvalue weighted by molar-refractivity contribution is 5.85. The SMILES string of the molecule is COc1c(F)cccc1[C@H](CCC(F)(F)F)N1CCNCC1.Cl.Cl. The number of hydrogen-bond acceptors (Lipinski definition) is 3. The molecule has 1 saturated heterocycles. The van der Waals surface area contributed by atoms with Crippen molar-refractivity contribution in [3.05, 3.63) is 29.6 Å². The molecule has 140 valence electrons. The molecule has 1 atom stereocenters. The Morgan fingerprint density at radius 3 is 2.38 bits per heavy atom. The molecular formula is C15H22Cl2F4N2O. The van der Waals surface area contributed by atoms with Gasteiger partial charge in [-0.05, 0) is 12.5 Å². The summed E-state index contributed by atoms with van der Waals surface area (Å²) >= 11 is 0. The van der Waals surface area contributed by atoms with Crippen molar-refractivity contribution < 1.29 is 22.3 Å². The second-order valence-corrected chi connectivity index (χ2v) is 5.32. The number of para-hydroxylation sites is 1. The molecule has 9 heteroatoms. The smallest absolute Gasteiger partial charge is 0.389 e. The molecule has 24 heavy (non-hydrogen) atoms. The minimum absolute atomic E-state index is 0. The van der Waals surface area contributed by atoms with Crippen LogP contribution < -0.4 is 10.1 Å². The second-order valence-electron chi connectivity index (χ2n) is 5.32. The van der Waals surface area contributed by atoms with Gasteiger partial charge in [0.15, 0.2) is 11.6 Å². The number of methoxy groups -OCH3 is 1. The number of alkyl halides is 3. The maximum atomic E-state index is 13.9. The summed E-state index contributed by atoms with van der Waals surface area (Å²) in [5.74, 6) is -0.514. The molecule has 0 unspecified atom stereocenters. The van der Waals surface area contributed by atoms with Crippen LogP contribution in [0.3, 0.4) is 0 Å². The Labute approximate surface area is 151 Å². The van der Waals surface area contributed by atoms with Gasteiger partial charge in [-0.1, -0.05) is 12.1 Å². The zero-order valence-corrected chi connectivity index (χ0v) is 14.9. The van der Waals surface area contributed by atoms with Crippen molar-refractivity contribution in [2.75, 3.05) is 33.3 Å². The maximum absolute atomic E-state index is 13.9. The Balaban J connectivity index is 0.00000264. The van der Waals surface area contributed by atoms with E-state index in [9.17, 15) is 17.6 Å². The van der Waals surface area contributed by atoms with Gasteiger partial charge in [-0.2, -0.15) is 13.2 Å². The van der Waals surface area contributed by atoms with Gasteiger partial charge in [0.1, 0.15) is 0 Å². The summed E-state index contributed by atoms with van der Waals surface area (Å²) in [6.45, 7) is 2.67. The summed E-state index contributed by atoms with van der Waals surface area (Å²) in [5.41, 5.74) is 0.480. The van der Waals surface area contributed by atoms with Crippen LogP contribution in [0.2, 0.25) is 0 Å². The number of piperazine rings is 1. The summed E-state index contributed by atoms with van der Waals surface area (Å²) in [5, 5.41) is 3.16. The molecule has 0 radical (unpaired) electrons. The molecule has 1 heterocycles. The lowest BCUT2D eigenvalue weighted by Gasteiger charge is -2.36. The van der Waals surface area contributed by atoms with Crippen LogP contribution in [0.4, 0.5) is 17.6 Å². The van der Waals surface area contributed by atoms with Crippen molar-refractivity contribution >= 4 is 24.8 Å². The van der Waals surface area contributed by atoms with E-state index < -0.39 is 24.5 Å². The van der Waals surface area contributed by atoms with Gasteiger partial charge < -0.3 is 10.1 Å². The predicted molar refractivity (Wildman–Crippen MR) is 89.9 cm³/mol. The van der Waals surface area contributed by atoms with E-state index in [4.69, 9.17) is 4.74 Å². The number of halogens is 6. The first kappa shape index (κ1) is 23.2. The van der Waals surface area contributed by atoms with E-state index in [1.54, 1.807) is 6.07 Å². The third-order valence-corrected chi connectivity index (χ3v) is 3.85. The van der Waals surface area contributed by atoms with Gasteiger partial charge in [0.25, 0.3) is 0 Å². The molecule has 1 N–H and O–H groups in total. The fraction of sp³-hybridized carbons (Fsp3) is 0.600. The van der Waals surface area contributed by atoms with Crippen LogP contribution in [0.15, 0.2) is 18.2 Å². The molecule has 0 amide bonds. The highest BCUT2D eigenvalue weighted by Crippen LogP contribution is 2.37. The van der Waals surface area contributed by atoms with Gasteiger partial charge in [0, 0.05) is 44.2 Å². The maximum Gasteiger partial charge on any atom is 0.389 e. The third-order valence-electron chi connectivity index (χ3n) is 3.85. The van der Waals surface area contributed by atoms with Crippen molar-refractivity contribution in [1.82, 2.24) is 10.2 Å². The van der Waals surface area contributed by atoms with Gasteiger partial charge in [-0.25, -0.2) is 4.39 Å². The first-order chi connectivity index (χ1) is 10.4. The molecule has 1 aromatic rings. The van der Waals surface area contributed by atoms with Crippen molar-refractivity contribution in [3.63, 3.8) is 0 Å². The highest BCUT2D eigenvalue weighted by atomic mass is 35.5. The fourth-order valence-corrected chi connectivity index (χ4v) is 2.83. The Kier molecular flexibility index (Phi) is 9.96. The molecule has 0 spiro atoms. The lowest BCUT2D eigenvalue weighted by Crippen LogP contribution is -2.45. The lowest BCUT2D eigenvalue weighted by atomic mass is 9.98. The molecule has 1 aliphatic rings. The van der Waals surface area contributed by atoms with Crippen LogP contribution in [0.1, 0.15) is 24.4 Å². The van der Waals surface area contributed by atoms with Crippen LogP contribution in [-0.2, 0) is 0 Å². The van der Waals surface area contributed by atoms with Crippen LogP contribution in [0, 0.1) is 5.82 Å². The molecular weight excluding hydrogens is 371 g/mol. The zero-order valence-electron chi connectivity index (χ0n) is 13.2. The first-order valence-electron chi connectivity index (χ1n) is 7.26. The topological polar surface area (TPSA) is 24.5 Å². The molecule has 0 saturated carbocycles. The van der Waals surface area contributed by atoms with Gasteiger partial charge in [-0.15, -0.1) is 24.8 Å². The monoisotopic (exact) mass is 392 g/mol. The van der Waals surface area contributed by atoms with Crippen LogP contribution in [0.5, 0.6) is 5.75 Å². The van der Waals surface area contributed by atoms with E-state index in [-0.39, 0.29) is 37.0 Å². The normalized spacial score (nSPS) is 16.7. The number of rotatable bonds is 5. The third kappa shape index (κ3) is 6.27. The number of ether oxygens (including phenoxy) is 1. The summed E-state index contributed by atoms with van der Waals surface area (Å²) in [4.78, 5) is 1.96. The van der Waals surface area contributed by atoms with Crippen molar-refractivity contribution in [3.8, 4) is 5.75 Å². The Hall–Kier alpha value is -0.760. The molecule has 0 aromatic heterocycles. The number of nitrogens with one attached hydrogen (secondary N) is 1. The van der Waals surface area contributed by atoms with Crippen LogP contribution in [-0.4, -0.2) is 44.4 Å². The summed E-state index contributed by atoms with van der Waals surface area (Å²) in [7, 11) is 1.33. The minimum atomic E-state index is -4.23. The number of hydrogen-bond donors (Lipinski definition) is 1. The Morgan fingerprint density at radius 1 is 1.21 bits per heavy atom. The average Bonchev–Trinajstić information content (AvgIpc) is 2.47. The van der Waals surface area contributed by atoms with Crippen molar-refractivity contribution in [1.29, 1.82) is 0 Å². The Morgan fingerprint density at radius 2 is 1.83 bits per heavy atom. The van der Waals surface area contributed by atoms with Crippen molar-refractivity contribution in [2.24, 2.45) is 0 Å². The molecule has 0 aliphatic carbocycles. The number of benzene rings is 1. The van der Waals surface area contributed by atoms with E-state index in [0.717, 1.165) is 0 Å². The van der Waals surface area contributed by atoms with Crippen molar-refractivity contribution in [2.45, 2.75) is 25.1 Å². The van der Waals surface area contributed by atoms with E-state index >= 15 is 0 Å². The van der Waals surface area contributed by atoms with Gasteiger partial charge in [-0.3, -0.25) is 4.90 Å². The van der Waals surface area contributed by atoms with E-state index in [2.05, 4.69) is 5.32 Å². The summed E-state index contributed by atoms with van der Waals surface area (Å²) in [6.07, 6.45) is -5.24. The lowest BCUT2D eigenvalue weighted by molar-refractivity contribution is -0.138. The van der Waals surface area contributed by atoms with E-state index in [0.29, 0.717) is 31.7 Å². The highest BCUT2D eigenvalue weighted by Gasteiger charge is 2.32. The van der Waals surface area contributed by atoms with E-state index in [1.165, 1.54) is 19.2 Å². The van der Waals surface area contributed by atoms with Crippen LogP contribution >= 0.6 is 24.8 Å². The standard InChI is InChI=1S/C15H20F4N2O.2ClH/c1-22-14-11(3-2-4-12(14)16)13(5-6-15(17,18)19)21-9-7-20-8-10-21;;/h2-4,13,20H,5-10H2,1H3;2*1H/t13-;;/m0../s1. The zero-order chi connectivity index (χ0) is 16.2. The number of nitrogens with zero attached hydrogens (tertiary/aromatic N) is 1. The quantitative estimate of drug-likeness (QED) is 0.767. The Bertz CT molecular complexity index is 497. The van der Waals surface area contributed by atoms with Gasteiger partial charge >= 0.3 is 6.18 Å². The van der Waals surface area contributed by atoms with Gasteiger partial charge in [0.05, 0.1) is 7.11 Å². The summed E-state index contributed by atoms with van der Waals surface area (Å²) in [6, 6.07) is 3.90. The van der Waals surface area contributed by atoms with Gasteiger partial charge in [0.2, 0.25) is 0 Å². The van der Waals surface area contributed by atoms with E-state index in [1.807, 2.05) is 4.90 Å². The molecule has 1 aliphatic heterocycles. The molecule has 2 rings (SSSR count). The molecule has 0 bridgehead atoms. The van der Waals surface area contributed by atoms with Crippen LogP contribution in [0.25, 0.3) is 0 Å². The molecule has 1 aromatic carbocycles. The molecule has 3 nitrogen and oxygen atoms in total. The largest absolute Gasteiger partial charge is 0.493 e. The average molecular weight is 393 g/mol. The molecule has 1 fully saturated rings. The first-order valence-corrected chi connectivity index (χ1v) is 7.26. The summed E-state index contributed by atoms with van der Waals surface area (Å²) < 4.78 is 56.8. The minimum Gasteiger partial charge on any atom is -0.493 e. The fourth-order valence-electron chi connectivity index (χ4n) is 2.83. The predicted octanol–water partition coefficient (Wildman–Crippen LogP) is 3.97. The second kappa shape index (κ2) is 10.3.